The Morgan fingerprint density at radius 2 is 2.25 bits per heavy atom. The number of rotatable bonds is 6. The standard InChI is InChI=1S/C10H20O2/c1-2-3-5-10(8-11)12-9-6-4-7-9/h9-11H,2-8H2,1H3. The second kappa shape index (κ2) is 5.55. The van der Waals surface area contributed by atoms with Gasteiger partial charge in [0.25, 0.3) is 0 Å². The van der Waals surface area contributed by atoms with Crippen LogP contribution in [0, 0.1) is 0 Å². The van der Waals surface area contributed by atoms with Crippen LogP contribution in [0.5, 0.6) is 0 Å². The van der Waals surface area contributed by atoms with Gasteiger partial charge in [-0.05, 0) is 25.7 Å². The second-order valence-electron chi connectivity index (χ2n) is 3.64. The molecule has 0 saturated heterocycles. The van der Waals surface area contributed by atoms with E-state index in [0.29, 0.717) is 6.10 Å². The molecule has 0 radical (unpaired) electrons. The molecule has 1 atom stereocenters. The number of ether oxygens (including phenoxy) is 1. The number of unbranched alkanes of at least 4 members (excludes halogenated alkanes) is 1. The minimum absolute atomic E-state index is 0.107. The maximum atomic E-state index is 9.00. The van der Waals surface area contributed by atoms with Crippen molar-refractivity contribution in [1.82, 2.24) is 0 Å². The van der Waals surface area contributed by atoms with Crippen molar-refractivity contribution in [2.45, 2.75) is 57.7 Å². The van der Waals surface area contributed by atoms with Crippen molar-refractivity contribution in [3.05, 3.63) is 0 Å². The molecule has 1 aliphatic rings. The van der Waals surface area contributed by atoms with Gasteiger partial charge in [0, 0.05) is 0 Å². The summed E-state index contributed by atoms with van der Waals surface area (Å²) in [5.74, 6) is 0. The average Bonchev–Trinajstić information content (AvgIpc) is 2.02. The lowest BCUT2D eigenvalue weighted by Gasteiger charge is -2.29. The van der Waals surface area contributed by atoms with Crippen LogP contribution in [0.2, 0.25) is 0 Å². The Morgan fingerprint density at radius 1 is 1.50 bits per heavy atom. The highest BCUT2D eigenvalue weighted by Crippen LogP contribution is 2.24. The maximum absolute atomic E-state index is 9.00. The largest absolute Gasteiger partial charge is 0.394 e. The van der Waals surface area contributed by atoms with Crippen LogP contribution in [0.3, 0.4) is 0 Å². The van der Waals surface area contributed by atoms with Gasteiger partial charge in [-0.25, -0.2) is 0 Å². The van der Waals surface area contributed by atoms with E-state index in [4.69, 9.17) is 9.84 Å². The third-order valence-electron chi connectivity index (χ3n) is 2.52. The third-order valence-corrected chi connectivity index (χ3v) is 2.52. The fourth-order valence-corrected chi connectivity index (χ4v) is 1.41. The summed E-state index contributed by atoms with van der Waals surface area (Å²) in [4.78, 5) is 0. The van der Waals surface area contributed by atoms with Gasteiger partial charge < -0.3 is 9.84 Å². The van der Waals surface area contributed by atoms with Crippen molar-refractivity contribution in [1.29, 1.82) is 0 Å². The number of hydrogen-bond acceptors (Lipinski definition) is 2. The molecule has 0 aromatic carbocycles. The number of hydrogen-bond donors (Lipinski definition) is 1. The zero-order chi connectivity index (χ0) is 8.81. The summed E-state index contributed by atoms with van der Waals surface area (Å²) < 4.78 is 5.69. The van der Waals surface area contributed by atoms with E-state index in [1.807, 2.05) is 0 Å². The molecular weight excluding hydrogens is 152 g/mol. The summed E-state index contributed by atoms with van der Waals surface area (Å²) in [5.41, 5.74) is 0. The van der Waals surface area contributed by atoms with Crippen LogP contribution in [0.1, 0.15) is 45.4 Å². The molecule has 0 aromatic rings. The van der Waals surface area contributed by atoms with Gasteiger partial charge in [0.15, 0.2) is 0 Å². The van der Waals surface area contributed by atoms with Crippen LogP contribution in [0.15, 0.2) is 0 Å². The van der Waals surface area contributed by atoms with Gasteiger partial charge in [-0.3, -0.25) is 0 Å². The summed E-state index contributed by atoms with van der Waals surface area (Å²) in [6.07, 6.45) is 7.63. The predicted octanol–water partition coefficient (Wildman–Crippen LogP) is 2.11. The Labute approximate surface area is 74.9 Å². The molecular formula is C10H20O2. The molecule has 2 heteroatoms. The van der Waals surface area contributed by atoms with E-state index >= 15 is 0 Å². The van der Waals surface area contributed by atoms with Gasteiger partial charge in [0.1, 0.15) is 0 Å². The van der Waals surface area contributed by atoms with Crippen molar-refractivity contribution < 1.29 is 9.84 Å². The van der Waals surface area contributed by atoms with E-state index in [9.17, 15) is 0 Å². The lowest BCUT2D eigenvalue weighted by Crippen LogP contribution is -2.29. The van der Waals surface area contributed by atoms with E-state index in [1.54, 1.807) is 0 Å². The van der Waals surface area contributed by atoms with Crippen LogP contribution in [-0.2, 0) is 4.74 Å². The molecule has 12 heavy (non-hydrogen) atoms. The monoisotopic (exact) mass is 172 g/mol. The number of aliphatic hydroxyl groups excluding tert-OH is 1. The molecule has 1 saturated carbocycles. The van der Waals surface area contributed by atoms with Crippen molar-refractivity contribution >= 4 is 0 Å². The summed E-state index contributed by atoms with van der Waals surface area (Å²) in [5, 5.41) is 9.00. The summed E-state index contributed by atoms with van der Waals surface area (Å²) in [6, 6.07) is 0. The van der Waals surface area contributed by atoms with Crippen molar-refractivity contribution in [2.24, 2.45) is 0 Å². The first-order chi connectivity index (χ1) is 5.86. The SMILES string of the molecule is CCCCC(CO)OC1CCC1. The molecule has 1 N–H and O–H groups in total. The van der Waals surface area contributed by atoms with Crippen LogP contribution in [0.25, 0.3) is 0 Å². The number of aliphatic hydroxyl groups is 1. The molecule has 72 valence electrons. The van der Waals surface area contributed by atoms with Crippen LogP contribution in [-0.4, -0.2) is 23.9 Å². The van der Waals surface area contributed by atoms with Crippen LogP contribution >= 0.6 is 0 Å². The predicted molar refractivity (Wildman–Crippen MR) is 49.1 cm³/mol. The maximum Gasteiger partial charge on any atom is 0.0809 e. The Morgan fingerprint density at radius 3 is 2.67 bits per heavy atom. The minimum Gasteiger partial charge on any atom is -0.394 e. The molecule has 1 aliphatic carbocycles. The van der Waals surface area contributed by atoms with Crippen molar-refractivity contribution in [3.8, 4) is 0 Å². The Bertz CT molecular complexity index is 110. The molecule has 1 rings (SSSR count). The van der Waals surface area contributed by atoms with Gasteiger partial charge in [-0.15, -0.1) is 0 Å². The van der Waals surface area contributed by atoms with Gasteiger partial charge >= 0.3 is 0 Å². The molecule has 0 aromatic heterocycles. The molecule has 0 aliphatic heterocycles. The molecule has 0 spiro atoms. The Balaban J connectivity index is 2.06. The second-order valence-corrected chi connectivity index (χ2v) is 3.64. The van der Waals surface area contributed by atoms with Crippen molar-refractivity contribution in [3.63, 3.8) is 0 Å². The summed E-state index contributed by atoms with van der Waals surface area (Å²) >= 11 is 0. The average molecular weight is 172 g/mol. The Kier molecular flexibility index (Phi) is 4.62. The highest BCUT2D eigenvalue weighted by Gasteiger charge is 2.21. The smallest absolute Gasteiger partial charge is 0.0809 e. The fourth-order valence-electron chi connectivity index (χ4n) is 1.41. The fraction of sp³-hybridized carbons (Fsp3) is 1.00. The van der Waals surface area contributed by atoms with E-state index in [-0.39, 0.29) is 12.7 Å². The zero-order valence-electron chi connectivity index (χ0n) is 7.96. The lowest BCUT2D eigenvalue weighted by atomic mass is 9.96. The normalized spacial score (nSPS) is 20.5. The van der Waals surface area contributed by atoms with Gasteiger partial charge in [0.05, 0.1) is 18.8 Å². The minimum atomic E-state index is 0.107. The van der Waals surface area contributed by atoms with E-state index in [0.717, 1.165) is 12.8 Å². The van der Waals surface area contributed by atoms with Gasteiger partial charge in [-0.2, -0.15) is 0 Å². The molecule has 1 fully saturated rings. The first-order valence-electron chi connectivity index (χ1n) is 5.13. The summed E-state index contributed by atoms with van der Waals surface area (Å²) in [7, 11) is 0. The Hall–Kier alpha value is -0.0800. The highest BCUT2D eigenvalue weighted by molar-refractivity contribution is 4.71. The molecule has 0 amide bonds. The van der Waals surface area contributed by atoms with E-state index < -0.39 is 0 Å². The molecule has 0 bridgehead atoms. The molecule has 0 heterocycles. The quantitative estimate of drug-likeness (QED) is 0.665. The van der Waals surface area contributed by atoms with Crippen LogP contribution < -0.4 is 0 Å². The first kappa shape index (κ1) is 10.0. The molecule has 1 unspecified atom stereocenters. The highest BCUT2D eigenvalue weighted by atomic mass is 16.5. The van der Waals surface area contributed by atoms with Gasteiger partial charge in [-0.1, -0.05) is 19.8 Å². The zero-order valence-corrected chi connectivity index (χ0v) is 7.96. The first-order valence-corrected chi connectivity index (χ1v) is 5.13. The third kappa shape index (κ3) is 3.11. The lowest BCUT2D eigenvalue weighted by molar-refractivity contribution is -0.0747. The van der Waals surface area contributed by atoms with Crippen molar-refractivity contribution in [2.75, 3.05) is 6.61 Å². The summed E-state index contributed by atoms with van der Waals surface area (Å²) in [6.45, 7) is 2.36. The topological polar surface area (TPSA) is 29.5 Å². The molecule has 2 nitrogen and oxygen atoms in total. The van der Waals surface area contributed by atoms with E-state index in [1.165, 1.54) is 25.7 Å². The van der Waals surface area contributed by atoms with Crippen LogP contribution in [0.4, 0.5) is 0 Å². The van der Waals surface area contributed by atoms with Gasteiger partial charge in [0.2, 0.25) is 0 Å². The van der Waals surface area contributed by atoms with E-state index in [2.05, 4.69) is 6.92 Å².